The molecule has 3 rings (SSSR count). The molecule has 1 heterocycles. The van der Waals surface area contributed by atoms with E-state index in [1.165, 1.54) is 11.8 Å². The Bertz CT molecular complexity index is 775. The lowest BCUT2D eigenvalue weighted by Crippen LogP contribution is -1.99. The van der Waals surface area contributed by atoms with Crippen molar-refractivity contribution in [3.8, 4) is 5.69 Å². The first kappa shape index (κ1) is 14.2. The van der Waals surface area contributed by atoms with Gasteiger partial charge in [0.1, 0.15) is 0 Å². The van der Waals surface area contributed by atoms with Gasteiger partial charge in [-0.25, -0.2) is 0 Å². The van der Waals surface area contributed by atoms with Crippen LogP contribution in [0.5, 0.6) is 0 Å². The molecule has 0 bridgehead atoms. The van der Waals surface area contributed by atoms with Crippen molar-refractivity contribution in [2.75, 3.05) is 5.73 Å². The minimum absolute atomic E-state index is 0.418. The monoisotopic (exact) mass is 337 g/mol. The van der Waals surface area contributed by atoms with Crippen molar-refractivity contribution in [3.63, 3.8) is 0 Å². The lowest BCUT2D eigenvalue weighted by Gasteiger charge is -2.07. The number of tetrazole rings is 1. The van der Waals surface area contributed by atoms with Crippen molar-refractivity contribution in [3.05, 3.63) is 52.5 Å². The van der Waals surface area contributed by atoms with E-state index in [2.05, 4.69) is 15.5 Å². The molecule has 0 aliphatic carbocycles. The van der Waals surface area contributed by atoms with Crippen molar-refractivity contribution in [1.82, 2.24) is 20.2 Å². The highest BCUT2D eigenvalue weighted by atomic mass is 35.5. The zero-order valence-electron chi connectivity index (χ0n) is 10.6. The third-order valence-corrected chi connectivity index (χ3v) is 4.43. The van der Waals surface area contributed by atoms with Gasteiger partial charge >= 0.3 is 0 Å². The summed E-state index contributed by atoms with van der Waals surface area (Å²) in [5, 5.41) is 13.2. The maximum atomic E-state index is 6.02. The number of halogens is 2. The topological polar surface area (TPSA) is 69.6 Å². The molecule has 1 aromatic heterocycles. The Labute approximate surface area is 135 Å². The molecule has 8 heteroatoms. The summed E-state index contributed by atoms with van der Waals surface area (Å²) in [4.78, 5) is 0.747. The predicted octanol–water partition coefficient (Wildman–Crippen LogP) is 3.70. The third kappa shape index (κ3) is 2.97. The summed E-state index contributed by atoms with van der Waals surface area (Å²) >= 11 is 13.3. The quantitative estimate of drug-likeness (QED) is 0.738. The molecule has 21 heavy (non-hydrogen) atoms. The zero-order chi connectivity index (χ0) is 14.8. The summed E-state index contributed by atoms with van der Waals surface area (Å²) in [5.74, 6) is 0. The molecule has 0 saturated heterocycles. The summed E-state index contributed by atoms with van der Waals surface area (Å²) in [6, 6.07) is 12.9. The molecule has 5 nitrogen and oxygen atoms in total. The predicted molar refractivity (Wildman–Crippen MR) is 84.2 cm³/mol. The second-order valence-electron chi connectivity index (χ2n) is 4.12. The van der Waals surface area contributed by atoms with E-state index >= 15 is 0 Å². The molecule has 2 aromatic carbocycles. The standard InChI is InChI=1S/C13H9Cl2N5S/c14-9-6-11(16)12(7-10(9)15)21-13-17-18-19-20(13)8-4-2-1-3-5-8/h1-7H,16H2. The summed E-state index contributed by atoms with van der Waals surface area (Å²) in [7, 11) is 0. The van der Waals surface area contributed by atoms with Crippen LogP contribution in [0.25, 0.3) is 5.69 Å². The van der Waals surface area contributed by atoms with E-state index in [1.807, 2.05) is 30.3 Å². The molecule has 0 aliphatic heterocycles. The zero-order valence-corrected chi connectivity index (χ0v) is 12.9. The van der Waals surface area contributed by atoms with Crippen LogP contribution >= 0.6 is 35.0 Å². The fraction of sp³-hybridized carbons (Fsp3) is 0. The number of para-hydroxylation sites is 1. The van der Waals surface area contributed by atoms with Gasteiger partial charge in [0.15, 0.2) is 0 Å². The summed E-state index contributed by atoms with van der Waals surface area (Å²) < 4.78 is 1.63. The SMILES string of the molecule is Nc1cc(Cl)c(Cl)cc1Sc1nnnn1-c1ccccc1. The van der Waals surface area contributed by atoms with E-state index < -0.39 is 0 Å². The first-order valence-electron chi connectivity index (χ1n) is 5.91. The molecular formula is C13H9Cl2N5S. The Morgan fingerprint density at radius 3 is 2.52 bits per heavy atom. The molecule has 0 aliphatic rings. The number of nitrogen functional groups attached to an aromatic ring is 1. The van der Waals surface area contributed by atoms with Crippen molar-refractivity contribution < 1.29 is 0 Å². The number of hydrogen-bond acceptors (Lipinski definition) is 5. The number of hydrogen-bond donors (Lipinski definition) is 1. The van der Waals surface area contributed by atoms with Gasteiger partial charge in [-0.1, -0.05) is 41.4 Å². The molecular weight excluding hydrogens is 329 g/mol. The van der Waals surface area contributed by atoms with Gasteiger partial charge in [0.05, 0.1) is 15.7 Å². The van der Waals surface area contributed by atoms with E-state index in [4.69, 9.17) is 28.9 Å². The smallest absolute Gasteiger partial charge is 0.218 e. The Morgan fingerprint density at radius 2 is 1.76 bits per heavy atom. The number of aromatic nitrogens is 4. The molecule has 2 N–H and O–H groups in total. The van der Waals surface area contributed by atoms with Crippen LogP contribution in [0.2, 0.25) is 10.0 Å². The molecule has 3 aromatic rings. The van der Waals surface area contributed by atoms with Gasteiger partial charge in [0.2, 0.25) is 5.16 Å². The first-order valence-corrected chi connectivity index (χ1v) is 7.48. The van der Waals surface area contributed by atoms with E-state index in [0.29, 0.717) is 20.9 Å². The van der Waals surface area contributed by atoms with Gasteiger partial charge in [-0.15, -0.1) is 5.10 Å². The number of anilines is 1. The number of rotatable bonds is 3. The van der Waals surface area contributed by atoms with Crippen LogP contribution < -0.4 is 5.73 Å². The minimum Gasteiger partial charge on any atom is -0.398 e. The third-order valence-electron chi connectivity index (χ3n) is 2.70. The maximum Gasteiger partial charge on any atom is 0.218 e. The number of nitrogens with zero attached hydrogens (tertiary/aromatic N) is 4. The van der Waals surface area contributed by atoms with Crippen molar-refractivity contribution in [2.24, 2.45) is 0 Å². The van der Waals surface area contributed by atoms with Gasteiger partial charge in [-0.05, 0) is 46.5 Å². The highest BCUT2D eigenvalue weighted by molar-refractivity contribution is 7.99. The highest BCUT2D eigenvalue weighted by Crippen LogP contribution is 2.36. The average molecular weight is 338 g/mol. The van der Waals surface area contributed by atoms with E-state index in [9.17, 15) is 0 Å². The van der Waals surface area contributed by atoms with Crippen molar-refractivity contribution >= 4 is 40.7 Å². The van der Waals surface area contributed by atoms with Gasteiger partial charge < -0.3 is 5.73 Å². The highest BCUT2D eigenvalue weighted by Gasteiger charge is 2.13. The van der Waals surface area contributed by atoms with Crippen LogP contribution in [0.3, 0.4) is 0 Å². The van der Waals surface area contributed by atoms with Crippen LogP contribution in [-0.4, -0.2) is 20.2 Å². The van der Waals surface area contributed by atoms with Crippen LogP contribution in [0.15, 0.2) is 52.5 Å². The van der Waals surface area contributed by atoms with Gasteiger partial charge in [0, 0.05) is 10.6 Å². The molecule has 0 spiro atoms. The fourth-order valence-corrected chi connectivity index (χ4v) is 2.96. The molecule has 0 saturated carbocycles. The van der Waals surface area contributed by atoms with Crippen molar-refractivity contribution in [2.45, 2.75) is 10.1 Å². The van der Waals surface area contributed by atoms with E-state index in [1.54, 1.807) is 16.8 Å². The molecule has 0 fully saturated rings. The average Bonchev–Trinajstić information content (AvgIpc) is 2.94. The molecule has 0 radical (unpaired) electrons. The maximum absolute atomic E-state index is 6.02. The van der Waals surface area contributed by atoms with E-state index in [0.717, 1.165) is 10.6 Å². The second kappa shape index (κ2) is 5.93. The fourth-order valence-electron chi connectivity index (χ4n) is 1.70. The molecule has 106 valence electrons. The molecule has 0 unspecified atom stereocenters. The van der Waals surface area contributed by atoms with Crippen LogP contribution in [-0.2, 0) is 0 Å². The van der Waals surface area contributed by atoms with Crippen molar-refractivity contribution in [1.29, 1.82) is 0 Å². The van der Waals surface area contributed by atoms with Crippen LogP contribution in [0.1, 0.15) is 0 Å². The summed E-state index contributed by atoms with van der Waals surface area (Å²) in [5.41, 5.74) is 7.34. The Hall–Kier alpha value is -1.76. The lowest BCUT2D eigenvalue weighted by atomic mass is 10.3. The minimum atomic E-state index is 0.418. The van der Waals surface area contributed by atoms with Crippen LogP contribution in [0, 0.1) is 0 Å². The normalized spacial score (nSPS) is 10.8. The Kier molecular flexibility index (Phi) is 4.01. The largest absolute Gasteiger partial charge is 0.398 e. The lowest BCUT2D eigenvalue weighted by molar-refractivity contribution is 0.756. The Balaban J connectivity index is 1.97. The van der Waals surface area contributed by atoms with Gasteiger partial charge in [-0.3, -0.25) is 0 Å². The van der Waals surface area contributed by atoms with E-state index in [-0.39, 0.29) is 0 Å². The molecule has 0 atom stereocenters. The summed E-state index contributed by atoms with van der Waals surface area (Å²) in [6.07, 6.45) is 0. The van der Waals surface area contributed by atoms with Gasteiger partial charge in [0.25, 0.3) is 0 Å². The summed E-state index contributed by atoms with van der Waals surface area (Å²) in [6.45, 7) is 0. The number of benzene rings is 2. The first-order chi connectivity index (χ1) is 10.1. The van der Waals surface area contributed by atoms with Crippen LogP contribution in [0.4, 0.5) is 5.69 Å². The molecule has 0 amide bonds. The van der Waals surface area contributed by atoms with Gasteiger partial charge in [-0.2, -0.15) is 4.68 Å². The number of nitrogens with two attached hydrogens (primary N) is 1. The Morgan fingerprint density at radius 1 is 1.05 bits per heavy atom. The second-order valence-corrected chi connectivity index (χ2v) is 5.94.